The highest BCUT2D eigenvalue weighted by molar-refractivity contribution is 6.06. The SMILES string of the molecule is CCCN1C(=O)C(C)(C)COc2ccc(NC(=O)c3ccc(C)c([N+](=O)[O-])c3)cc21. The predicted molar refractivity (Wildman–Crippen MR) is 114 cm³/mol. The Bertz CT molecular complexity index is 1020. The van der Waals surface area contributed by atoms with E-state index in [4.69, 9.17) is 4.74 Å². The van der Waals surface area contributed by atoms with Crippen LogP contribution in [0.25, 0.3) is 0 Å². The van der Waals surface area contributed by atoms with E-state index in [0.717, 1.165) is 6.42 Å². The zero-order chi connectivity index (χ0) is 22.1. The van der Waals surface area contributed by atoms with Crippen LogP contribution in [0.4, 0.5) is 17.1 Å². The summed E-state index contributed by atoms with van der Waals surface area (Å²) in [4.78, 5) is 38.0. The van der Waals surface area contributed by atoms with E-state index < -0.39 is 16.2 Å². The molecule has 8 nitrogen and oxygen atoms in total. The van der Waals surface area contributed by atoms with Gasteiger partial charge in [0.15, 0.2) is 0 Å². The Morgan fingerprint density at radius 2 is 2.00 bits per heavy atom. The molecule has 2 aromatic rings. The average molecular weight is 411 g/mol. The van der Waals surface area contributed by atoms with E-state index in [0.29, 0.717) is 29.2 Å². The van der Waals surface area contributed by atoms with Gasteiger partial charge in [0.1, 0.15) is 12.4 Å². The van der Waals surface area contributed by atoms with Gasteiger partial charge in [-0.3, -0.25) is 19.7 Å². The number of ether oxygens (including phenoxy) is 1. The van der Waals surface area contributed by atoms with Crippen LogP contribution in [0, 0.1) is 22.5 Å². The minimum absolute atomic E-state index is 0.0410. The fourth-order valence-electron chi connectivity index (χ4n) is 3.32. The van der Waals surface area contributed by atoms with Gasteiger partial charge in [-0.05, 0) is 51.5 Å². The molecule has 0 fully saturated rings. The van der Waals surface area contributed by atoms with Crippen molar-refractivity contribution in [3.63, 3.8) is 0 Å². The molecule has 0 spiro atoms. The van der Waals surface area contributed by atoms with Gasteiger partial charge in [0.25, 0.3) is 11.6 Å². The minimum atomic E-state index is -0.668. The van der Waals surface area contributed by atoms with Crippen molar-refractivity contribution in [2.24, 2.45) is 5.41 Å². The Kier molecular flexibility index (Phi) is 5.78. The van der Waals surface area contributed by atoms with Gasteiger partial charge in [-0.1, -0.05) is 13.0 Å². The van der Waals surface area contributed by atoms with E-state index >= 15 is 0 Å². The van der Waals surface area contributed by atoms with Crippen molar-refractivity contribution in [2.45, 2.75) is 34.1 Å². The number of nitrogens with zero attached hydrogens (tertiary/aromatic N) is 2. The quantitative estimate of drug-likeness (QED) is 0.583. The lowest BCUT2D eigenvalue weighted by Gasteiger charge is -2.27. The number of hydrogen-bond acceptors (Lipinski definition) is 5. The van der Waals surface area contributed by atoms with Crippen molar-refractivity contribution < 1.29 is 19.2 Å². The zero-order valence-corrected chi connectivity index (χ0v) is 17.5. The maximum Gasteiger partial charge on any atom is 0.273 e. The first-order valence-corrected chi connectivity index (χ1v) is 9.79. The van der Waals surface area contributed by atoms with Crippen LogP contribution in [0.5, 0.6) is 5.75 Å². The van der Waals surface area contributed by atoms with Crippen LogP contribution in [0.15, 0.2) is 36.4 Å². The molecule has 0 bridgehead atoms. The highest BCUT2D eigenvalue weighted by Crippen LogP contribution is 2.38. The van der Waals surface area contributed by atoms with E-state index in [9.17, 15) is 19.7 Å². The average Bonchev–Trinajstić information content (AvgIpc) is 2.78. The van der Waals surface area contributed by atoms with Crippen LogP contribution in [0.2, 0.25) is 0 Å². The standard InChI is InChI=1S/C22H25N3O5/c1-5-10-24-18-12-16(8-9-19(18)30-13-22(3,4)21(24)27)23-20(26)15-7-6-14(2)17(11-15)25(28)29/h6-9,11-12H,5,10,13H2,1-4H3,(H,23,26). The monoisotopic (exact) mass is 411 g/mol. The molecular weight excluding hydrogens is 386 g/mol. The molecule has 1 N–H and O–H groups in total. The number of nitro groups is 1. The summed E-state index contributed by atoms with van der Waals surface area (Å²) in [7, 11) is 0. The van der Waals surface area contributed by atoms with Crippen LogP contribution >= 0.6 is 0 Å². The lowest BCUT2D eigenvalue weighted by atomic mass is 9.93. The first-order valence-electron chi connectivity index (χ1n) is 9.79. The second-order valence-electron chi connectivity index (χ2n) is 8.02. The van der Waals surface area contributed by atoms with Crippen molar-refractivity contribution in [1.82, 2.24) is 0 Å². The van der Waals surface area contributed by atoms with Crippen molar-refractivity contribution in [3.05, 3.63) is 57.6 Å². The van der Waals surface area contributed by atoms with E-state index in [1.807, 2.05) is 20.8 Å². The molecular formula is C22H25N3O5. The fourth-order valence-corrected chi connectivity index (χ4v) is 3.32. The molecule has 0 unspecified atom stereocenters. The highest BCUT2D eigenvalue weighted by atomic mass is 16.6. The summed E-state index contributed by atoms with van der Waals surface area (Å²) in [5.74, 6) is 0.0633. The molecule has 1 aliphatic heterocycles. The third kappa shape index (κ3) is 4.12. The van der Waals surface area contributed by atoms with Crippen LogP contribution < -0.4 is 15.0 Å². The number of carbonyl (C=O) groups is 2. The van der Waals surface area contributed by atoms with Gasteiger partial charge in [0, 0.05) is 29.4 Å². The molecule has 0 aliphatic carbocycles. The Morgan fingerprint density at radius 3 is 2.67 bits per heavy atom. The van der Waals surface area contributed by atoms with E-state index in [1.165, 1.54) is 6.07 Å². The second-order valence-corrected chi connectivity index (χ2v) is 8.02. The molecule has 0 saturated carbocycles. The number of hydrogen-bond donors (Lipinski definition) is 1. The predicted octanol–water partition coefficient (Wildman–Crippen LogP) is 4.32. The number of carbonyl (C=O) groups excluding carboxylic acids is 2. The molecule has 2 aromatic carbocycles. The van der Waals surface area contributed by atoms with Gasteiger partial charge in [-0.25, -0.2) is 0 Å². The van der Waals surface area contributed by atoms with Crippen molar-refractivity contribution >= 4 is 28.9 Å². The van der Waals surface area contributed by atoms with E-state index in [1.54, 1.807) is 42.2 Å². The topological polar surface area (TPSA) is 102 Å². The van der Waals surface area contributed by atoms with Crippen molar-refractivity contribution in [3.8, 4) is 5.75 Å². The summed E-state index contributed by atoms with van der Waals surface area (Å²) in [6, 6.07) is 9.45. The number of benzene rings is 2. The normalized spacial score (nSPS) is 15.1. The molecule has 0 atom stereocenters. The smallest absolute Gasteiger partial charge is 0.273 e. The molecule has 3 rings (SSSR count). The first-order chi connectivity index (χ1) is 14.1. The number of aryl methyl sites for hydroxylation is 1. The van der Waals surface area contributed by atoms with E-state index in [-0.39, 0.29) is 23.8 Å². The lowest BCUT2D eigenvalue weighted by molar-refractivity contribution is -0.385. The first kappa shape index (κ1) is 21.3. The molecule has 30 heavy (non-hydrogen) atoms. The zero-order valence-electron chi connectivity index (χ0n) is 17.5. The summed E-state index contributed by atoms with van der Waals surface area (Å²) in [6.07, 6.45) is 0.769. The molecule has 2 amide bonds. The summed E-state index contributed by atoms with van der Waals surface area (Å²) in [6.45, 7) is 8.08. The summed E-state index contributed by atoms with van der Waals surface area (Å²) in [5.41, 5.74) is 0.953. The molecule has 0 aromatic heterocycles. The number of nitro benzene ring substituents is 1. The van der Waals surface area contributed by atoms with Gasteiger partial charge < -0.3 is 15.0 Å². The van der Waals surface area contributed by atoms with Gasteiger partial charge in [0.05, 0.1) is 16.0 Å². The maximum atomic E-state index is 13.0. The third-order valence-corrected chi connectivity index (χ3v) is 5.04. The second kappa shape index (κ2) is 8.14. The molecule has 158 valence electrons. The maximum absolute atomic E-state index is 13.0. The number of amides is 2. The van der Waals surface area contributed by atoms with Crippen molar-refractivity contribution in [1.29, 1.82) is 0 Å². The summed E-state index contributed by atoms with van der Waals surface area (Å²) in [5, 5.41) is 13.9. The molecule has 8 heteroatoms. The Hall–Kier alpha value is -3.42. The van der Waals surface area contributed by atoms with Crippen molar-refractivity contribution in [2.75, 3.05) is 23.4 Å². The Morgan fingerprint density at radius 1 is 1.27 bits per heavy atom. The van der Waals surface area contributed by atoms with Gasteiger partial charge in [0.2, 0.25) is 5.91 Å². The van der Waals surface area contributed by atoms with Crippen LogP contribution in [-0.4, -0.2) is 29.9 Å². The highest BCUT2D eigenvalue weighted by Gasteiger charge is 2.37. The summed E-state index contributed by atoms with van der Waals surface area (Å²) >= 11 is 0. The third-order valence-electron chi connectivity index (χ3n) is 5.04. The largest absolute Gasteiger partial charge is 0.490 e. The van der Waals surface area contributed by atoms with Gasteiger partial charge in [-0.2, -0.15) is 0 Å². The number of fused-ring (bicyclic) bond motifs is 1. The van der Waals surface area contributed by atoms with Crippen LogP contribution in [0.1, 0.15) is 43.1 Å². The van der Waals surface area contributed by atoms with E-state index in [2.05, 4.69) is 5.32 Å². The lowest BCUT2D eigenvalue weighted by Crippen LogP contribution is -2.42. The van der Waals surface area contributed by atoms with Crippen LogP contribution in [0.3, 0.4) is 0 Å². The van der Waals surface area contributed by atoms with Crippen LogP contribution in [-0.2, 0) is 4.79 Å². The number of rotatable bonds is 5. The Labute approximate surface area is 175 Å². The minimum Gasteiger partial charge on any atom is -0.490 e. The van der Waals surface area contributed by atoms with Gasteiger partial charge in [-0.15, -0.1) is 0 Å². The van der Waals surface area contributed by atoms with Gasteiger partial charge >= 0.3 is 0 Å². The number of nitrogens with one attached hydrogen (secondary N) is 1. The fraction of sp³-hybridized carbons (Fsp3) is 0.364. The molecule has 1 aliphatic rings. The molecule has 1 heterocycles. The number of anilines is 2. The summed E-state index contributed by atoms with van der Waals surface area (Å²) < 4.78 is 5.86. The Balaban J connectivity index is 1.92. The molecule has 0 radical (unpaired) electrons. The molecule has 0 saturated heterocycles.